The van der Waals surface area contributed by atoms with Crippen LogP contribution in [-0.4, -0.2) is 85.5 Å². The molecular formula is C41H52N4O7. The SMILES string of the molecule is CCC1=C(C)c2cc3[nH]c(cc4nc(c5c6[nH]c(cc1n2)c(C)c6C(=O)C5)[C@@H](CCC(=O)OC)[C@@H]4C)c(C)c3C(C)OCCOCCOCCOC. The van der Waals surface area contributed by atoms with Gasteiger partial charge in [0.2, 0.25) is 0 Å². The van der Waals surface area contributed by atoms with Crippen molar-refractivity contribution >= 4 is 45.0 Å². The van der Waals surface area contributed by atoms with E-state index < -0.39 is 0 Å². The molecule has 0 saturated carbocycles. The van der Waals surface area contributed by atoms with Crippen LogP contribution in [0.1, 0.15) is 120 Å². The van der Waals surface area contributed by atoms with E-state index in [9.17, 15) is 9.59 Å². The first kappa shape index (κ1) is 37.6. The summed E-state index contributed by atoms with van der Waals surface area (Å²) >= 11 is 0. The molecule has 3 atom stereocenters. The molecule has 0 radical (unpaired) electrons. The summed E-state index contributed by atoms with van der Waals surface area (Å²) in [5.41, 5.74) is 14.1. The summed E-state index contributed by atoms with van der Waals surface area (Å²) in [4.78, 5) is 43.7. The molecule has 11 nitrogen and oxygen atoms in total. The zero-order valence-corrected chi connectivity index (χ0v) is 31.8. The minimum Gasteiger partial charge on any atom is -0.469 e. The van der Waals surface area contributed by atoms with Crippen molar-refractivity contribution in [2.45, 2.75) is 85.2 Å². The summed E-state index contributed by atoms with van der Waals surface area (Å²) in [7, 11) is 3.07. The molecule has 3 aromatic heterocycles. The van der Waals surface area contributed by atoms with E-state index in [-0.39, 0.29) is 42.5 Å². The standard InChI is InChI=1S/C41H52N4O7/c1-9-27-22(2)30-21-35-38(26(6)52-17-16-51-15-14-50-13-12-48-7)24(4)32(43-35)19-31-23(3)28(10-11-37(47)49-8)40(44-31)29-18-36(46)39-25(5)33(45-41(29)39)20-34(27)42-30/h19-21,23,26,28,43,45H,9-18H2,1-8H3/t23-,26?,28-/m0/s1. The third-order valence-electron chi connectivity index (χ3n) is 10.8. The zero-order valence-electron chi connectivity index (χ0n) is 31.8. The minimum atomic E-state index is -0.258. The van der Waals surface area contributed by atoms with Gasteiger partial charge in [-0.25, -0.2) is 4.98 Å². The molecule has 0 spiro atoms. The van der Waals surface area contributed by atoms with Crippen LogP contribution in [0.2, 0.25) is 0 Å². The van der Waals surface area contributed by atoms with Gasteiger partial charge in [0.15, 0.2) is 5.78 Å². The lowest BCUT2D eigenvalue weighted by molar-refractivity contribution is -0.140. The topological polar surface area (TPSA) is 138 Å². The Morgan fingerprint density at radius 3 is 2.31 bits per heavy atom. The van der Waals surface area contributed by atoms with Gasteiger partial charge in [-0.2, -0.15) is 0 Å². The molecule has 278 valence electrons. The van der Waals surface area contributed by atoms with Crippen LogP contribution in [0.3, 0.4) is 0 Å². The largest absolute Gasteiger partial charge is 0.469 e. The molecule has 0 saturated heterocycles. The Balaban J connectivity index is 1.49. The molecular weight excluding hydrogens is 660 g/mol. The second-order valence-electron chi connectivity index (χ2n) is 13.9. The van der Waals surface area contributed by atoms with Crippen LogP contribution >= 0.6 is 0 Å². The highest BCUT2D eigenvalue weighted by Crippen LogP contribution is 2.45. The fourth-order valence-electron chi connectivity index (χ4n) is 7.89. The van der Waals surface area contributed by atoms with Crippen molar-refractivity contribution in [1.29, 1.82) is 0 Å². The van der Waals surface area contributed by atoms with Crippen molar-refractivity contribution in [3.05, 3.63) is 68.8 Å². The number of fused-ring (bicyclic) bond motifs is 8. The fraction of sp³-hybridized carbons (Fsp3) is 0.512. The fourth-order valence-corrected chi connectivity index (χ4v) is 7.89. The molecule has 6 rings (SSSR count). The van der Waals surface area contributed by atoms with Gasteiger partial charge < -0.3 is 33.7 Å². The Bertz CT molecular complexity index is 2040. The summed E-state index contributed by atoms with van der Waals surface area (Å²) in [6.07, 6.45) is 1.68. The number of rotatable bonds is 15. The van der Waals surface area contributed by atoms with Crippen LogP contribution in [0.5, 0.6) is 0 Å². The Morgan fingerprint density at radius 2 is 1.60 bits per heavy atom. The monoisotopic (exact) mass is 712 g/mol. The number of ketones is 1. The predicted octanol–water partition coefficient (Wildman–Crippen LogP) is 7.61. The van der Waals surface area contributed by atoms with Crippen molar-refractivity contribution in [3.63, 3.8) is 0 Å². The summed E-state index contributed by atoms with van der Waals surface area (Å²) in [6.45, 7) is 15.6. The van der Waals surface area contributed by atoms with Gasteiger partial charge in [-0.3, -0.25) is 14.6 Å². The summed E-state index contributed by atoms with van der Waals surface area (Å²) in [5, 5.41) is 0. The highest BCUT2D eigenvalue weighted by atomic mass is 16.6. The zero-order chi connectivity index (χ0) is 37.1. The van der Waals surface area contributed by atoms with E-state index in [2.05, 4.69) is 62.8 Å². The number of aryl methyl sites for hydroxylation is 2. The van der Waals surface area contributed by atoms with Crippen LogP contribution in [0.15, 0.2) is 18.2 Å². The average molecular weight is 713 g/mol. The van der Waals surface area contributed by atoms with E-state index in [0.29, 0.717) is 46.1 Å². The molecule has 1 unspecified atom stereocenters. The number of esters is 1. The van der Waals surface area contributed by atoms with E-state index >= 15 is 0 Å². The predicted molar refractivity (Wildman–Crippen MR) is 202 cm³/mol. The second-order valence-corrected chi connectivity index (χ2v) is 13.9. The highest BCUT2D eigenvalue weighted by Gasteiger charge is 2.36. The number of ether oxygens (including phenoxy) is 5. The molecule has 3 aromatic rings. The molecule has 0 amide bonds. The highest BCUT2D eigenvalue weighted by molar-refractivity contribution is 6.13. The van der Waals surface area contributed by atoms with Gasteiger partial charge >= 0.3 is 5.97 Å². The molecule has 11 heteroatoms. The molecule has 3 aliphatic rings. The molecule has 8 bridgehead atoms. The Morgan fingerprint density at radius 1 is 0.904 bits per heavy atom. The van der Waals surface area contributed by atoms with E-state index in [4.69, 9.17) is 33.7 Å². The van der Waals surface area contributed by atoms with Gasteiger partial charge in [0.1, 0.15) is 0 Å². The Hall–Kier alpha value is -4.16. The van der Waals surface area contributed by atoms with Crippen molar-refractivity contribution in [3.8, 4) is 0 Å². The Labute approximate surface area is 305 Å². The maximum Gasteiger partial charge on any atom is 0.305 e. The molecule has 52 heavy (non-hydrogen) atoms. The van der Waals surface area contributed by atoms with Crippen molar-refractivity contribution in [1.82, 2.24) is 19.9 Å². The van der Waals surface area contributed by atoms with Crippen LogP contribution in [0.25, 0.3) is 33.2 Å². The number of hydrogen-bond donors (Lipinski definition) is 2. The minimum absolute atomic E-state index is 0.000182. The number of H-pyrrole nitrogens is 2. The van der Waals surface area contributed by atoms with Gasteiger partial charge in [0.25, 0.3) is 0 Å². The normalized spacial score (nSPS) is 17.3. The summed E-state index contributed by atoms with van der Waals surface area (Å²) in [5.74, 6) is -0.237. The molecule has 1 aliphatic carbocycles. The lowest BCUT2D eigenvalue weighted by atomic mass is 9.85. The first-order valence-electron chi connectivity index (χ1n) is 18.4. The number of hydrogen-bond acceptors (Lipinski definition) is 9. The maximum atomic E-state index is 13.6. The van der Waals surface area contributed by atoms with Gasteiger partial charge in [0.05, 0.1) is 75.5 Å². The number of aromatic amines is 2. The van der Waals surface area contributed by atoms with Crippen LogP contribution < -0.4 is 0 Å². The number of Topliss-reactive ketones (excluding diaryl/α,β-unsaturated/α-hetero) is 1. The number of nitrogens with one attached hydrogen (secondary N) is 2. The lowest BCUT2D eigenvalue weighted by Crippen LogP contribution is -2.12. The van der Waals surface area contributed by atoms with Crippen LogP contribution in [0, 0.1) is 13.8 Å². The van der Waals surface area contributed by atoms with Gasteiger partial charge in [0, 0.05) is 70.7 Å². The van der Waals surface area contributed by atoms with E-state index in [1.165, 1.54) is 12.7 Å². The summed E-state index contributed by atoms with van der Waals surface area (Å²) in [6, 6.07) is 6.32. The number of carbonyl (C=O) groups is 2. The number of nitrogens with zero attached hydrogens (tertiary/aromatic N) is 2. The molecule has 5 heterocycles. The second kappa shape index (κ2) is 16.2. The third-order valence-corrected chi connectivity index (χ3v) is 10.8. The number of allylic oxidation sites excluding steroid dienone is 2. The quantitative estimate of drug-likeness (QED) is 0.120. The van der Waals surface area contributed by atoms with Crippen molar-refractivity contribution in [2.24, 2.45) is 0 Å². The molecule has 0 fully saturated rings. The average Bonchev–Trinajstić information content (AvgIpc) is 3.88. The van der Waals surface area contributed by atoms with E-state index in [1.54, 1.807) is 7.11 Å². The van der Waals surface area contributed by atoms with E-state index in [0.717, 1.165) is 84.7 Å². The lowest BCUT2D eigenvalue weighted by Gasteiger charge is -2.16. The van der Waals surface area contributed by atoms with Crippen LogP contribution in [0.4, 0.5) is 0 Å². The van der Waals surface area contributed by atoms with Gasteiger partial charge in [-0.15, -0.1) is 0 Å². The first-order valence-corrected chi connectivity index (χ1v) is 18.4. The van der Waals surface area contributed by atoms with Gasteiger partial charge in [-0.1, -0.05) is 13.8 Å². The molecule has 2 aliphatic heterocycles. The molecule has 2 N–H and O–H groups in total. The molecule has 0 aromatic carbocycles. The van der Waals surface area contributed by atoms with Gasteiger partial charge in [-0.05, 0) is 81.0 Å². The maximum absolute atomic E-state index is 13.6. The number of carbonyl (C=O) groups excluding carboxylic acids is 2. The third kappa shape index (κ3) is 7.37. The number of methoxy groups -OCH3 is 2. The Kier molecular flexibility index (Phi) is 11.7. The summed E-state index contributed by atoms with van der Waals surface area (Å²) < 4.78 is 27.6. The van der Waals surface area contributed by atoms with E-state index in [1.807, 2.05) is 6.92 Å². The number of aromatic nitrogens is 4. The van der Waals surface area contributed by atoms with Crippen LogP contribution in [-0.2, 0) is 34.9 Å². The van der Waals surface area contributed by atoms with Crippen molar-refractivity contribution < 1.29 is 33.3 Å². The first-order chi connectivity index (χ1) is 25.1. The van der Waals surface area contributed by atoms with Crippen molar-refractivity contribution in [2.75, 3.05) is 53.9 Å². The smallest absolute Gasteiger partial charge is 0.305 e.